The van der Waals surface area contributed by atoms with E-state index in [0.29, 0.717) is 26.2 Å². The van der Waals surface area contributed by atoms with Crippen LogP contribution in [0.1, 0.15) is 6.92 Å². The Kier molecular flexibility index (Phi) is 4.89. The lowest BCUT2D eigenvalue weighted by Crippen LogP contribution is -2.60. The second-order valence-corrected chi connectivity index (χ2v) is 8.05. The van der Waals surface area contributed by atoms with Crippen LogP contribution in [0.5, 0.6) is 0 Å². The summed E-state index contributed by atoms with van der Waals surface area (Å²) in [6.07, 6.45) is 0. The van der Waals surface area contributed by atoms with Gasteiger partial charge in [-0.15, -0.1) is 0 Å². The summed E-state index contributed by atoms with van der Waals surface area (Å²) in [6.45, 7) is 5.01. The Hall–Kier alpha value is -0.740. The van der Waals surface area contributed by atoms with Gasteiger partial charge in [0.1, 0.15) is 6.61 Å². The highest BCUT2D eigenvalue weighted by Crippen LogP contribution is 2.16. The highest BCUT2D eigenvalue weighted by atomic mass is 32.2. The lowest BCUT2D eigenvalue weighted by Gasteiger charge is -2.40. The van der Waals surface area contributed by atoms with Crippen LogP contribution in [0, 0.1) is 0 Å². The first-order chi connectivity index (χ1) is 9.74. The molecule has 0 aliphatic carbocycles. The zero-order chi connectivity index (χ0) is 15.7. The van der Waals surface area contributed by atoms with E-state index < -0.39 is 10.2 Å². The van der Waals surface area contributed by atoms with Gasteiger partial charge in [-0.1, -0.05) is 0 Å². The molecule has 122 valence electrons. The van der Waals surface area contributed by atoms with Crippen molar-refractivity contribution in [1.82, 2.24) is 18.8 Å². The topological polar surface area (TPSA) is 82.2 Å². The first kappa shape index (κ1) is 16.6. The summed E-state index contributed by atoms with van der Waals surface area (Å²) in [5.74, 6) is -0.0787. The van der Waals surface area contributed by atoms with Gasteiger partial charge in [0.25, 0.3) is 10.2 Å². The number of hydrogen-bond donors (Lipinski definition) is 1. The smallest absolute Gasteiger partial charge is 0.281 e. The average molecular weight is 320 g/mol. The van der Waals surface area contributed by atoms with Crippen LogP contribution >= 0.6 is 0 Å². The fourth-order valence-electron chi connectivity index (χ4n) is 2.31. The number of ether oxygens (including phenoxy) is 1. The molecule has 0 aromatic heterocycles. The molecule has 8 nitrogen and oxygen atoms in total. The summed E-state index contributed by atoms with van der Waals surface area (Å²) in [6, 6.07) is 0. The standard InChI is InChI=1S/C12H24N4O4S/c1-12(9-13-10-12)20-8-11(17)15-4-6-16(7-5-15)21(18,19)14(2)3/h13H,4-10H2,1-3H3. The van der Waals surface area contributed by atoms with Crippen LogP contribution in [0.2, 0.25) is 0 Å². The maximum Gasteiger partial charge on any atom is 0.281 e. The van der Waals surface area contributed by atoms with Crippen molar-refractivity contribution >= 4 is 16.1 Å². The Bertz CT molecular complexity index is 481. The fourth-order valence-corrected chi connectivity index (χ4v) is 3.39. The van der Waals surface area contributed by atoms with E-state index in [-0.39, 0.29) is 18.1 Å². The van der Waals surface area contributed by atoms with E-state index in [0.717, 1.165) is 13.1 Å². The summed E-state index contributed by atoms with van der Waals surface area (Å²) >= 11 is 0. The molecular weight excluding hydrogens is 296 g/mol. The Morgan fingerprint density at radius 3 is 2.24 bits per heavy atom. The fraction of sp³-hybridized carbons (Fsp3) is 0.917. The Morgan fingerprint density at radius 1 is 1.24 bits per heavy atom. The molecule has 1 amide bonds. The molecule has 2 aliphatic heterocycles. The summed E-state index contributed by atoms with van der Waals surface area (Å²) in [7, 11) is -0.374. The van der Waals surface area contributed by atoms with E-state index in [1.165, 1.54) is 22.7 Å². The Morgan fingerprint density at radius 2 is 1.81 bits per heavy atom. The third-order valence-electron chi connectivity index (χ3n) is 3.92. The van der Waals surface area contributed by atoms with Gasteiger partial charge in [0.15, 0.2) is 0 Å². The summed E-state index contributed by atoms with van der Waals surface area (Å²) in [5, 5.41) is 3.11. The summed E-state index contributed by atoms with van der Waals surface area (Å²) < 4.78 is 32.2. The summed E-state index contributed by atoms with van der Waals surface area (Å²) in [5.41, 5.74) is -0.244. The van der Waals surface area contributed by atoms with Crippen LogP contribution in [-0.2, 0) is 19.7 Å². The van der Waals surface area contributed by atoms with Crippen molar-refractivity contribution in [3.63, 3.8) is 0 Å². The molecular formula is C12H24N4O4S. The minimum absolute atomic E-state index is 0.0542. The van der Waals surface area contributed by atoms with Crippen LogP contribution < -0.4 is 5.32 Å². The van der Waals surface area contributed by atoms with Crippen molar-refractivity contribution in [2.75, 3.05) is 60.0 Å². The number of carbonyl (C=O) groups excluding carboxylic acids is 1. The van der Waals surface area contributed by atoms with Gasteiger partial charge in [0, 0.05) is 53.4 Å². The number of rotatable bonds is 5. The van der Waals surface area contributed by atoms with Crippen molar-refractivity contribution in [2.45, 2.75) is 12.5 Å². The molecule has 0 aromatic rings. The van der Waals surface area contributed by atoms with E-state index in [2.05, 4.69) is 5.32 Å². The molecule has 0 atom stereocenters. The lowest BCUT2D eigenvalue weighted by molar-refractivity contribution is -0.147. The molecule has 0 aromatic carbocycles. The van der Waals surface area contributed by atoms with Gasteiger partial charge in [-0.25, -0.2) is 0 Å². The van der Waals surface area contributed by atoms with Crippen molar-refractivity contribution in [1.29, 1.82) is 0 Å². The lowest BCUT2D eigenvalue weighted by atomic mass is 10.0. The van der Waals surface area contributed by atoms with E-state index in [1.54, 1.807) is 4.90 Å². The van der Waals surface area contributed by atoms with Gasteiger partial charge in [-0.2, -0.15) is 17.0 Å². The molecule has 2 rings (SSSR count). The number of hydrogen-bond acceptors (Lipinski definition) is 5. The van der Waals surface area contributed by atoms with Gasteiger partial charge >= 0.3 is 0 Å². The van der Waals surface area contributed by atoms with Gasteiger partial charge in [0.05, 0.1) is 5.60 Å². The molecule has 2 aliphatic rings. The monoisotopic (exact) mass is 320 g/mol. The Balaban J connectivity index is 1.79. The zero-order valence-electron chi connectivity index (χ0n) is 12.8. The van der Waals surface area contributed by atoms with Gasteiger partial charge in [0.2, 0.25) is 5.91 Å². The number of piperazine rings is 1. The van der Waals surface area contributed by atoms with Gasteiger partial charge < -0.3 is 15.0 Å². The molecule has 0 saturated carbocycles. The first-order valence-electron chi connectivity index (χ1n) is 7.05. The Labute approximate surface area is 126 Å². The van der Waals surface area contributed by atoms with Crippen LogP contribution in [-0.4, -0.2) is 93.4 Å². The van der Waals surface area contributed by atoms with Crippen LogP contribution in [0.3, 0.4) is 0 Å². The number of nitrogens with one attached hydrogen (secondary N) is 1. The van der Waals surface area contributed by atoms with Crippen molar-refractivity contribution in [3.8, 4) is 0 Å². The minimum Gasteiger partial charge on any atom is -0.363 e. The van der Waals surface area contributed by atoms with Crippen molar-refractivity contribution < 1.29 is 17.9 Å². The predicted octanol–water partition coefficient (Wildman–Crippen LogP) is -1.68. The van der Waals surface area contributed by atoms with E-state index >= 15 is 0 Å². The third kappa shape index (κ3) is 3.72. The van der Waals surface area contributed by atoms with Gasteiger partial charge in [-0.3, -0.25) is 4.79 Å². The number of amides is 1. The molecule has 9 heteroatoms. The maximum atomic E-state index is 12.1. The maximum absolute atomic E-state index is 12.1. The molecule has 0 bridgehead atoms. The molecule has 0 spiro atoms. The molecule has 2 heterocycles. The molecule has 0 unspecified atom stereocenters. The largest absolute Gasteiger partial charge is 0.363 e. The predicted molar refractivity (Wildman–Crippen MR) is 78.0 cm³/mol. The molecule has 0 radical (unpaired) electrons. The quantitative estimate of drug-likeness (QED) is 0.654. The molecule has 1 N–H and O–H groups in total. The first-order valence-corrected chi connectivity index (χ1v) is 8.44. The molecule has 21 heavy (non-hydrogen) atoms. The van der Waals surface area contributed by atoms with Crippen LogP contribution in [0.4, 0.5) is 0 Å². The molecule has 2 saturated heterocycles. The summed E-state index contributed by atoms with van der Waals surface area (Å²) in [4.78, 5) is 13.7. The SMILES string of the molecule is CN(C)S(=O)(=O)N1CCN(C(=O)COC2(C)CNC2)CC1. The number of nitrogens with zero attached hydrogens (tertiary/aromatic N) is 3. The second kappa shape index (κ2) is 6.17. The normalized spacial score (nSPS) is 23.1. The van der Waals surface area contributed by atoms with E-state index in [4.69, 9.17) is 4.74 Å². The highest BCUT2D eigenvalue weighted by molar-refractivity contribution is 7.86. The zero-order valence-corrected chi connectivity index (χ0v) is 13.6. The minimum atomic E-state index is -3.39. The van der Waals surface area contributed by atoms with E-state index in [9.17, 15) is 13.2 Å². The highest BCUT2D eigenvalue weighted by Gasteiger charge is 2.34. The van der Waals surface area contributed by atoms with E-state index in [1.807, 2.05) is 6.92 Å². The second-order valence-electron chi connectivity index (χ2n) is 5.91. The van der Waals surface area contributed by atoms with Crippen LogP contribution in [0.15, 0.2) is 0 Å². The van der Waals surface area contributed by atoms with Gasteiger partial charge in [-0.05, 0) is 6.92 Å². The third-order valence-corrected chi connectivity index (χ3v) is 5.86. The van der Waals surface area contributed by atoms with Crippen molar-refractivity contribution in [2.24, 2.45) is 0 Å². The molecule has 2 fully saturated rings. The van der Waals surface area contributed by atoms with Crippen LogP contribution in [0.25, 0.3) is 0 Å². The van der Waals surface area contributed by atoms with Crippen molar-refractivity contribution in [3.05, 3.63) is 0 Å². The number of carbonyl (C=O) groups is 1. The average Bonchev–Trinajstić information content (AvgIpc) is 2.42.